The fourth-order valence-electron chi connectivity index (χ4n) is 2.53. The number of hydrogen-bond donors (Lipinski definition) is 1. The highest BCUT2D eigenvalue weighted by molar-refractivity contribution is 5.95. The fourth-order valence-corrected chi connectivity index (χ4v) is 2.53. The zero-order valence-corrected chi connectivity index (χ0v) is 13.2. The van der Waals surface area contributed by atoms with Crippen LogP contribution in [-0.2, 0) is 0 Å². The van der Waals surface area contributed by atoms with Crippen molar-refractivity contribution in [2.24, 2.45) is 5.92 Å². The maximum Gasteiger partial charge on any atom is 0.339 e. The van der Waals surface area contributed by atoms with Crippen molar-refractivity contribution in [1.29, 1.82) is 0 Å². The van der Waals surface area contributed by atoms with Gasteiger partial charge < -0.3 is 10.0 Å². The van der Waals surface area contributed by atoms with Crippen LogP contribution in [0.5, 0.6) is 0 Å². The van der Waals surface area contributed by atoms with Gasteiger partial charge in [0.05, 0.1) is 0 Å². The van der Waals surface area contributed by atoms with E-state index in [9.17, 15) is 9.90 Å². The lowest BCUT2D eigenvalue weighted by molar-refractivity contribution is 0.0696. The van der Waals surface area contributed by atoms with Gasteiger partial charge in [0.15, 0.2) is 0 Å². The Kier molecular flexibility index (Phi) is 5.99. The van der Waals surface area contributed by atoms with E-state index in [4.69, 9.17) is 0 Å². The number of carboxylic acids is 1. The van der Waals surface area contributed by atoms with E-state index in [1.54, 1.807) is 0 Å². The van der Waals surface area contributed by atoms with Crippen molar-refractivity contribution in [1.82, 2.24) is 4.98 Å². The minimum Gasteiger partial charge on any atom is -0.478 e. The van der Waals surface area contributed by atoms with Crippen molar-refractivity contribution in [3.05, 3.63) is 22.9 Å². The Hall–Kier alpha value is -1.58. The first-order valence-corrected chi connectivity index (χ1v) is 7.40. The smallest absolute Gasteiger partial charge is 0.339 e. The predicted octanol–water partition coefficient (Wildman–Crippen LogP) is 3.66. The molecule has 0 radical (unpaired) electrons. The van der Waals surface area contributed by atoms with E-state index in [0.717, 1.165) is 37.2 Å². The summed E-state index contributed by atoms with van der Waals surface area (Å²) >= 11 is 0. The summed E-state index contributed by atoms with van der Waals surface area (Å²) in [5, 5.41) is 9.46. The lowest BCUT2D eigenvalue weighted by atomic mass is 10.0. The average molecular weight is 278 g/mol. The average Bonchev–Trinajstić information content (AvgIpc) is 2.38. The zero-order valence-electron chi connectivity index (χ0n) is 13.2. The van der Waals surface area contributed by atoms with Gasteiger partial charge in [-0.05, 0) is 38.3 Å². The quantitative estimate of drug-likeness (QED) is 0.827. The first-order chi connectivity index (χ1) is 9.44. The molecule has 1 aromatic rings. The third-order valence-electron chi connectivity index (χ3n) is 3.85. The Balaban J connectivity index is 3.23. The van der Waals surface area contributed by atoms with Gasteiger partial charge in [-0.25, -0.2) is 9.78 Å². The minimum atomic E-state index is -0.895. The Bertz CT molecular complexity index is 468. The number of aromatic nitrogens is 1. The standard InChI is InChI=1S/C16H26N2O2/c1-6-13(7-2)10-18(8-3)15-14(16(19)20)11(4)9-12(5)17-15/h9,13H,6-8,10H2,1-5H3,(H,19,20). The normalized spacial score (nSPS) is 10.9. The van der Waals surface area contributed by atoms with Crippen LogP contribution < -0.4 is 4.90 Å². The number of pyridine rings is 1. The number of aromatic carboxylic acids is 1. The van der Waals surface area contributed by atoms with Crippen molar-refractivity contribution in [2.75, 3.05) is 18.0 Å². The van der Waals surface area contributed by atoms with E-state index in [1.165, 1.54) is 0 Å². The molecule has 4 nitrogen and oxygen atoms in total. The second-order valence-corrected chi connectivity index (χ2v) is 5.31. The van der Waals surface area contributed by atoms with Crippen molar-refractivity contribution < 1.29 is 9.90 Å². The SMILES string of the molecule is CCC(CC)CN(CC)c1nc(C)cc(C)c1C(=O)O. The van der Waals surface area contributed by atoms with E-state index in [1.807, 2.05) is 26.8 Å². The first kappa shape index (κ1) is 16.5. The van der Waals surface area contributed by atoms with Gasteiger partial charge >= 0.3 is 5.97 Å². The number of hydrogen-bond acceptors (Lipinski definition) is 3. The van der Waals surface area contributed by atoms with E-state index in [-0.39, 0.29) is 0 Å². The van der Waals surface area contributed by atoms with Gasteiger partial charge in [-0.1, -0.05) is 26.7 Å². The molecule has 1 heterocycles. The molecule has 4 heteroatoms. The van der Waals surface area contributed by atoms with Gasteiger partial charge in [-0.15, -0.1) is 0 Å². The van der Waals surface area contributed by atoms with Crippen molar-refractivity contribution in [2.45, 2.75) is 47.5 Å². The van der Waals surface area contributed by atoms with Crippen molar-refractivity contribution in [3.8, 4) is 0 Å². The van der Waals surface area contributed by atoms with Gasteiger partial charge in [-0.2, -0.15) is 0 Å². The summed E-state index contributed by atoms with van der Waals surface area (Å²) in [6.07, 6.45) is 2.19. The summed E-state index contributed by atoms with van der Waals surface area (Å²) in [5.41, 5.74) is 1.98. The van der Waals surface area contributed by atoms with Crippen LogP contribution in [0, 0.1) is 19.8 Å². The summed E-state index contributed by atoms with van der Waals surface area (Å²) in [4.78, 5) is 18.1. The molecule has 1 rings (SSSR count). The highest BCUT2D eigenvalue weighted by atomic mass is 16.4. The Labute approximate surface area is 121 Å². The van der Waals surface area contributed by atoms with Crippen LogP contribution in [0.4, 0.5) is 5.82 Å². The van der Waals surface area contributed by atoms with Crippen molar-refractivity contribution in [3.63, 3.8) is 0 Å². The second-order valence-electron chi connectivity index (χ2n) is 5.31. The van der Waals surface area contributed by atoms with Crippen LogP contribution in [0.25, 0.3) is 0 Å². The van der Waals surface area contributed by atoms with E-state index in [2.05, 4.69) is 23.7 Å². The molecule has 0 amide bonds. The molecule has 0 aliphatic rings. The number of nitrogens with zero attached hydrogens (tertiary/aromatic N) is 2. The molecule has 0 fully saturated rings. The van der Waals surface area contributed by atoms with Crippen LogP contribution in [-0.4, -0.2) is 29.1 Å². The molecule has 0 unspecified atom stereocenters. The van der Waals surface area contributed by atoms with Gasteiger partial charge in [0, 0.05) is 18.8 Å². The Morgan fingerprint density at radius 2 is 1.90 bits per heavy atom. The van der Waals surface area contributed by atoms with Gasteiger partial charge in [0.2, 0.25) is 0 Å². The summed E-state index contributed by atoms with van der Waals surface area (Å²) in [6, 6.07) is 1.83. The highest BCUT2D eigenvalue weighted by Crippen LogP contribution is 2.24. The molecule has 1 N–H and O–H groups in total. The fraction of sp³-hybridized carbons (Fsp3) is 0.625. The molecule has 20 heavy (non-hydrogen) atoms. The number of carboxylic acid groups (broad SMARTS) is 1. The van der Waals surface area contributed by atoms with E-state index < -0.39 is 5.97 Å². The molecule has 0 aliphatic carbocycles. The molecule has 0 bridgehead atoms. The molecule has 0 aromatic carbocycles. The van der Waals surface area contributed by atoms with Crippen LogP contribution >= 0.6 is 0 Å². The summed E-state index contributed by atoms with van der Waals surface area (Å²) in [5.74, 6) is 0.289. The van der Waals surface area contributed by atoms with Crippen LogP contribution in [0.2, 0.25) is 0 Å². The largest absolute Gasteiger partial charge is 0.478 e. The van der Waals surface area contributed by atoms with Gasteiger partial charge in [-0.3, -0.25) is 0 Å². The number of aryl methyl sites for hydroxylation is 2. The van der Waals surface area contributed by atoms with E-state index in [0.29, 0.717) is 17.3 Å². The predicted molar refractivity (Wildman–Crippen MR) is 82.6 cm³/mol. The van der Waals surface area contributed by atoms with Gasteiger partial charge in [0.1, 0.15) is 11.4 Å². The van der Waals surface area contributed by atoms with Crippen LogP contribution in [0.15, 0.2) is 6.07 Å². The summed E-state index contributed by atoms with van der Waals surface area (Å²) in [6.45, 7) is 11.8. The molecule has 0 aliphatic heterocycles. The molecular weight excluding hydrogens is 252 g/mol. The molecule has 0 atom stereocenters. The third kappa shape index (κ3) is 3.71. The third-order valence-corrected chi connectivity index (χ3v) is 3.85. The Morgan fingerprint density at radius 1 is 1.30 bits per heavy atom. The maximum atomic E-state index is 11.5. The lowest BCUT2D eigenvalue weighted by Crippen LogP contribution is -2.31. The number of carbonyl (C=O) groups is 1. The number of rotatable bonds is 7. The van der Waals surface area contributed by atoms with Crippen molar-refractivity contribution >= 4 is 11.8 Å². The minimum absolute atomic E-state index is 0.336. The molecule has 0 saturated carbocycles. The molecule has 0 spiro atoms. The van der Waals surface area contributed by atoms with E-state index >= 15 is 0 Å². The molecule has 1 aromatic heterocycles. The van der Waals surface area contributed by atoms with Crippen LogP contribution in [0.3, 0.4) is 0 Å². The lowest BCUT2D eigenvalue weighted by Gasteiger charge is -2.28. The maximum absolute atomic E-state index is 11.5. The highest BCUT2D eigenvalue weighted by Gasteiger charge is 2.21. The monoisotopic (exact) mass is 278 g/mol. The Morgan fingerprint density at radius 3 is 2.35 bits per heavy atom. The number of anilines is 1. The van der Waals surface area contributed by atoms with Gasteiger partial charge in [0.25, 0.3) is 0 Å². The zero-order chi connectivity index (χ0) is 15.3. The topological polar surface area (TPSA) is 53.4 Å². The second kappa shape index (κ2) is 7.27. The molecule has 112 valence electrons. The van der Waals surface area contributed by atoms with Crippen LogP contribution in [0.1, 0.15) is 55.2 Å². The summed E-state index contributed by atoms with van der Waals surface area (Å²) < 4.78 is 0. The molecular formula is C16H26N2O2. The summed E-state index contributed by atoms with van der Waals surface area (Å²) in [7, 11) is 0. The first-order valence-electron chi connectivity index (χ1n) is 7.40. The molecule has 0 saturated heterocycles.